The summed E-state index contributed by atoms with van der Waals surface area (Å²) >= 11 is 0. The Labute approximate surface area is 100 Å². The SMILES string of the molecule is CC(NS(=O)(=O)c1ccc(F)c(F)c1F)C(=O)O. The number of hydrogen-bond acceptors (Lipinski definition) is 3. The number of nitrogens with one attached hydrogen (secondary N) is 1. The lowest BCUT2D eigenvalue weighted by Gasteiger charge is -2.11. The van der Waals surface area contributed by atoms with Gasteiger partial charge in [0.05, 0.1) is 0 Å². The van der Waals surface area contributed by atoms with Gasteiger partial charge in [-0.05, 0) is 19.1 Å². The molecule has 9 heteroatoms. The minimum absolute atomic E-state index is 0.429. The van der Waals surface area contributed by atoms with E-state index in [2.05, 4.69) is 0 Å². The molecule has 0 radical (unpaired) electrons. The molecule has 100 valence electrons. The van der Waals surface area contributed by atoms with E-state index in [0.29, 0.717) is 12.1 Å². The summed E-state index contributed by atoms with van der Waals surface area (Å²) in [6.45, 7) is 0.998. The zero-order chi connectivity index (χ0) is 14.1. The summed E-state index contributed by atoms with van der Waals surface area (Å²) < 4.78 is 63.4. The maximum Gasteiger partial charge on any atom is 0.321 e. The summed E-state index contributed by atoms with van der Waals surface area (Å²) in [5.41, 5.74) is 0. The van der Waals surface area contributed by atoms with Crippen LogP contribution in [0.25, 0.3) is 0 Å². The summed E-state index contributed by atoms with van der Waals surface area (Å²) in [5.74, 6) is -6.89. The molecule has 2 N–H and O–H groups in total. The van der Waals surface area contributed by atoms with Gasteiger partial charge in [-0.3, -0.25) is 4.79 Å². The van der Waals surface area contributed by atoms with Crippen molar-refractivity contribution >= 4 is 16.0 Å². The molecule has 0 aromatic heterocycles. The van der Waals surface area contributed by atoms with E-state index in [0.717, 1.165) is 6.92 Å². The third-order valence-electron chi connectivity index (χ3n) is 1.99. The van der Waals surface area contributed by atoms with E-state index in [4.69, 9.17) is 5.11 Å². The van der Waals surface area contributed by atoms with Crippen molar-refractivity contribution in [1.29, 1.82) is 0 Å². The van der Waals surface area contributed by atoms with Crippen LogP contribution in [0.3, 0.4) is 0 Å². The molecule has 1 aromatic carbocycles. The molecule has 0 aliphatic rings. The van der Waals surface area contributed by atoms with Gasteiger partial charge in [0.25, 0.3) is 0 Å². The van der Waals surface area contributed by atoms with Crippen LogP contribution in [0.5, 0.6) is 0 Å². The van der Waals surface area contributed by atoms with Crippen LogP contribution >= 0.6 is 0 Å². The minimum Gasteiger partial charge on any atom is -0.480 e. The van der Waals surface area contributed by atoms with E-state index in [1.807, 2.05) is 0 Å². The lowest BCUT2D eigenvalue weighted by molar-refractivity contribution is -0.138. The molecule has 0 fully saturated rings. The molecule has 1 atom stereocenters. The topological polar surface area (TPSA) is 83.5 Å². The number of carbonyl (C=O) groups is 1. The van der Waals surface area contributed by atoms with Gasteiger partial charge in [-0.15, -0.1) is 0 Å². The normalized spacial score (nSPS) is 13.3. The fourth-order valence-electron chi connectivity index (χ4n) is 1.06. The minimum atomic E-state index is -4.59. The van der Waals surface area contributed by atoms with Crippen molar-refractivity contribution in [3.05, 3.63) is 29.6 Å². The highest BCUT2D eigenvalue weighted by atomic mass is 32.2. The smallest absolute Gasteiger partial charge is 0.321 e. The highest BCUT2D eigenvalue weighted by Gasteiger charge is 2.27. The molecule has 1 aromatic rings. The quantitative estimate of drug-likeness (QED) is 0.803. The average Bonchev–Trinajstić information content (AvgIpc) is 2.24. The first-order valence-electron chi connectivity index (χ1n) is 4.55. The van der Waals surface area contributed by atoms with Gasteiger partial charge in [0.2, 0.25) is 10.0 Å². The molecule has 1 unspecified atom stereocenters. The van der Waals surface area contributed by atoms with Crippen LogP contribution in [-0.4, -0.2) is 25.5 Å². The van der Waals surface area contributed by atoms with Gasteiger partial charge in [-0.25, -0.2) is 21.6 Å². The number of hydrogen-bond donors (Lipinski definition) is 2. The van der Waals surface area contributed by atoms with Gasteiger partial charge in [0, 0.05) is 0 Å². The zero-order valence-corrected chi connectivity index (χ0v) is 9.76. The Morgan fingerprint density at radius 1 is 1.28 bits per heavy atom. The Kier molecular flexibility index (Phi) is 3.97. The van der Waals surface area contributed by atoms with Gasteiger partial charge in [0.1, 0.15) is 10.9 Å². The van der Waals surface area contributed by atoms with Gasteiger partial charge in [-0.2, -0.15) is 4.72 Å². The van der Waals surface area contributed by atoms with E-state index in [9.17, 15) is 26.4 Å². The number of benzene rings is 1. The molecule has 0 saturated heterocycles. The van der Waals surface area contributed by atoms with E-state index >= 15 is 0 Å². The number of aliphatic carboxylic acids is 1. The summed E-state index contributed by atoms with van der Waals surface area (Å²) in [6.07, 6.45) is 0. The maximum atomic E-state index is 13.2. The fourth-order valence-corrected chi connectivity index (χ4v) is 2.33. The molecule has 0 bridgehead atoms. The summed E-state index contributed by atoms with van der Waals surface area (Å²) in [7, 11) is -4.59. The molecular formula is C9H8F3NO4S. The Balaban J connectivity index is 3.22. The summed E-state index contributed by atoms with van der Waals surface area (Å²) in [4.78, 5) is 9.30. The van der Waals surface area contributed by atoms with E-state index in [1.54, 1.807) is 4.72 Å². The average molecular weight is 283 g/mol. The van der Waals surface area contributed by atoms with Crippen LogP contribution in [0.1, 0.15) is 6.92 Å². The van der Waals surface area contributed by atoms with Gasteiger partial charge in [-0.1, -0.05) is 0 Å². The number of halogens is 3. The van der Waals surface area contributed by atoms with E-state index in [-0.39, 0.29) is 0 Å². The first-order valence-corrected chi connectivity index (χ1v) is 6.03. The molecule has 0 spiro atoms. The fraction of sp³-hybridized carbons (Fsp3) is 0.222. The standard InChI is InChI=1S/C9H8F3NO4S/c1-4(9(14)15)13-18(16,17)6-3-2-5(10)7(11)8(6)12/h2-4,13H,1H3,(H,14,15). The monoisotopic (exact) mass is 283 g/mol. The Hall–Kier alpha value is -1.61. The van der Waals surface area contributed by atoms with Crippen LogP contribution in [0.4, 0.5) is 13.2 Å². The van der Waals surface area contributed by atoms with Crippen molar-refractivity contribution in [2.75, 3.05) is 0 Å². The third-order valence-corrected chi connectivity index (χ3v) is 3.55. The van der Waals surface area contributed by atoms with Gasteiger partial charge in [0.15, 0.2) is 17.5 Å². The Morgan fingerprint density at radius 3 is 2.33 bits per heavy atom. The lowest BCUT2D eigenvalue weighted by atomic mass is 10.3. The molecule has 0 aliphatic heterocycles. The molecule has 18 heavy (non-hydrogen) atoms. The second-order valence-electron chi connectivity index (χ2n) is 3.35. The zero-order valence-electron chi connectivity index (χ0n) is 8.95. The van der Waals surface area contributed by atoms with Crippen LogP contribution in [0, 0.1) is 17.5 Å². The predicted molar refractivity (Wildman–Crippen MR) is 53.7 cm³/mol. The summed E-state index contributed by atoms with van der Waals surface area (Å²) in [6, 6.07) is -0.606. The molecule has 0 heterocycles. The second-order valence-corrected chi connectivity index (χ2v) is 5.04. The highest BCUT2D eigenvalue weighted by Crippen LogP contribution is 2.19. The van der Waals surface area contributed by atoms with Crippen LogP contribution in [0.15, 0.2) is 17.0 Å². The predicted octanol–water partition coefficient (Wildman–Crippen LogP) is 0.855. The molecule has 1 rings (SSSR count). The van der Waals surface area contributed by atoms with Crippen molar-refractivity contribution in [2.24, 2.45) is 0 Å². The van der Waals surface area contributed by atoms with Crippen molar-refractivity contribution in [2.45, 2.75) is 17.9 Å². The van der Waals surface area contributed by atoms with E-state index in [1.165, 1.54) is 0 Å². The first kappa shape index (κ1) is 14.5. The summed E-state index contributed by atoms with van der Waals surface area (Å²) in [5, 5.41) is 8.51. The van der Waals surface area contributed by atoms with Crippen LogP contribution < -0.4 is 4.72 Å². The largest absolute Gasteiger partial charge is 0.480 e. The maximum absolute atomic E-state index is 13.2. The van der Waals surface area contributed by atoms with Crippen molar-refractivity contribution in [3.63, 3.8) is 0 Å². The number of rotatable bonds is 4. The van der Waals surface area contributed by atoms with E-state index < -0.39 is 44.4 Å². The Bertz CT molecular complexity index is 588. The number of sulfonamides is 1. The molecule has 5 nitrogen and oxygen atoms in total. The van der Waals surface area contributed by atoms with Crippen LogP contribution in [-0.2, 0) is 14.8 Å². The third kappa shape index (κ3) is 2.79. The van der Waals surface area contributed by atoms with Crippen molar-refractivity contribution in [3.8, 4) is 0 Å². The number of carboxylic acid groups (broad SMARTS) is 1. The molecular weight excluding hydrogens is 275 g/mol. The highest BCUT2D eigenvalue weighted by molar-refractivity contribution is 7.89. The lowest BCUT2D eigenvalue weighted by Crippen LogP contribution is -2.38. The van der Waals surface area contributed by atoms with Crippen LogP contribution in [0.2, 0.25) is 0 Å². The molecule has 0 saturated carbocycles. The molecule has 0 amide bonds. The first-order chi connectivity index (χ1) is 8.16. The second kappa shape index (κ2) is 4.94. The van der Waals surface area contributed by atoms with Gasteiger partial charge < -0.3 is 5.11 Å². The number of carboxylic acids is 1. The molecule has 0 aliphatic carbocycles. The Morgan fingerprint density at radius 2 is 1.83 bits per heavy atom. The van der Waals surface area contributed by atoms with Crippen molar-refractivity contribution < 1.29 is 31.5 Å². The van der Waals surface area contributed by atoms with Gasteiger partial charge >= 0.3 is 5.97 Å². The van der Waals surface area contributed by atoms with Crippen molar-refractivity contribution in [1.82, 2.24) is 4.72 Å².